The van der Waals surface area contributed by atoms with Crippen LogP contribution in [0.3, 0.4) is 0 Å². The third-order valence-corrected chi connectivity index (χ3v) is 1.72. The van der Waals surface area contributed by atoms with Crippen LogP contribution >= 0.6 is 0 Å². The van der Waals surface area contributed by atoms with E-state index in [1.165, 1.54) is 5.57 Å². The van der Waals surface area contributed by atoms with E-state index >= 15 is 0 Å². The molecule has 1 aromatic heterocycles. The first-order valence-electron chi connectivity index (χ1n) is 3.64. The molecule has 0 bridgehead atoms. The Kier molecular flexibility index (Phi) is 1.55. The van der Waals surface area contributed by atoms with Gasteiger partial charge in [0.1, 0.15) is 0 Å². The van der Waals surface area contributed by atoms with Gasteiger partial charge in [0.2, 0.25) is 0 Å². The van der Waals surface area contributed by atoms with Gasteiger partial charge in [-0.2, -0.15) is 15.4 Å². The lowest BCUT2D eigenvalue weighted by atomic mass is 10.1. The quantitative estimate of drug-likeness (QED) is 0.683. The molecule has 1 aliphatic rings. The third kappa shape index (κ3) is 1.37. The average Bonchev–Trinajstić information content (AvgIpc) is 2.60. The van der Waals surface area contributed by atoms with Crippen LogP contribution in [0.1, 0.15) is 12.1 Å². The second-order valence-corrected chi connectivity index (χ2v) is 2.60. The molecular formula is C8H9N3. The Morgan fingerprint density at radius 1 is 1.55 bits per heavy atom. The minimum absolute atomic E-state index is 0.920. The van der Waals surface area contributed by atoms with E-state index in [2.05, 4.69) is 33.6 Å². The summed E-state index contributed by atoms with van der Waals surface area (Å²) in [6.45, 7) is 0. The molecule has 0 saturated heterocycles. The molecule has 0 unspecified atom stereocenters. The minimum atomic E-state index is 0.920. The van der Waals surface area contributed by atoms with Crippen LogP contribution in [0, 0.1) is 0 Å². The molecule has 0 spiro atoms. The monoisotopic (exact) mass is 147 g/mol. The summed E-state index contributed by atoms with van der Waals surface area (Å²) in [5, 5.41) is 10.3. The van der Waals surface area contributed by atoms with Crippen LogP contribution < -0.4 is 0 Å². The minimum Gasteiger partial charge on any atom is -0.198 e. The molecule has 0 radical (unpaired) electrons. The van der Waals surface area contributed by atoms with Gasteiger partial charge in [-0.05, 0) is 6.42 Å². The van der Waals surface area contributed by atoms with Crippen LogP contribution in [0.2, 0.25) is 0 Å². The van der Waals surface area contributed by atoms with Gasteiger partial charge >= 0.3 is 0 Å². The number of aromatic nitrogens is 3. The predicted molar refractivity (Wildman–Crippen MR) is 41.9 cm³/mol. The number of H-pyrrole nitrogens is 1. The highest BCUT2D eigenvalue weighted by Gasteiger charge is 2.02. The zero-order valence-electron chi connectivity index (χ0n) is 6.12. The van der Waals surface area contributed by atoms with Crippen LogP contribution in [0.25, 0.3) is 0 Å². The predicted octanol–water partition coefficient (Wildman–Crippen LogP) is 1.23. The van der Waals surface area contributed by atoms with Crippen molar-refractivity contribution >= 4 is 0 Å². The number of allylic oxidation sites excluding steroid dienone is 4. The number of hydrogen-bond donors (Lipinski definition) is 1. The van der Waals surface area contributed by atoms with E-state index < -0.39 is 0 Å². The van der Waals surface area contributed by atoms with Crippen molar-refractivity contribution in [1.82, 2.24) is 15.4 Å². The number of rotatable bonds is 2. The number of nitrogens with zero attached hydrogens (tertiary/aromatic N) is 2. The van der Waals surface area contributed by atoms with Crippen molar-refractivity contribution in [1.29, 1.82) is 0 Å². The van der Waals surface area contributed by atoms with Gasteiger partial charge in [-0.3, -0.25) is 0 Å². The highest BCUT2D eigenvalue weighted by atomic mass is 15.3. The Bertz CT molecular complexity index is 282. The van der Waals surface area contributed by atoms with Gasteiger partial charge in [0.15, 0.2) is 0 Å². The van der Waals surface area contributed by atoms with Gasteiger partial charge in [0.25, 0.3) is 0 Å². The van der Waals surface area contributed by atoms with Gasteiger partial charge in [-0.1, -0.05) is 23.8 Å². The average molecular weight is 147 g/mol. The lowest BCUT2D eigenvalue weighted by Gasteiger charge is -1.94. The normalized spacial score (nSPS) is 15.5. The van der Waals surface area contributed by atoms with Crippen molar-refractivity contribution in [3.05, 3.63) is 35.7 Å². The summed E-state index contributed by atoms with van der Waals surface area (Å²) in [6.07, 6.45) is 10.1. The molecule has 3 heteroatoms. The van der Waals surface area contributed by atoms with Crippen LogP contribution in [-0.2, 0) is 6.42 Å². The summed E-state index contributed by atoms with van der Waals surface area (Å²) in [5.41, 5.74) is 2.42. The molecule has 2 rings (SSSR count). The summed E-state index contributed by atoms with van der Waals surface area (Å²) in [5.74, 6) is 0. The molecule has 0 atom stereocenters. The van der Waals surface area contributed by atoms with E-state index in [0.29, 0.717) is 0 Å². The first-order chi connectivity index (χ1) is 5.45. The number of nitrogens with one attached hydrogen (secondary N) is 1. The SMILES string of the molecule is C1=CCC(Cc2cn[nH]n2)=C1. The van der Waals surface area contributed by atoms with Crippen molar-refractivity contribution in [3.8, 4) is 0 Å². The zero-order valence-corrected chi connectivity index (χ0v) is 6.12. The van der Waals surface area contributed by atoms with Crippen LogP contribution in [0.15, 0.2) is 30.0 Å². The molecular weight excluding hydrogens is 138 g/mol. The molecule has 0 fully saturated rings. The topological polar surface area (TPSA) is 41.6 Å². The molecule has 1 aliphatic carbocycles. The summed E-state index contributed by atoms with van der Waals surface area (Å²) < 4.78 is 0. The second-order valence-electron chi connectivity index (χ2n) is 2.60. The molecule has 0 aromatic carbocycles. The Labute approximate surface area is 64.8 Å². The summed E-state index contributed by atoms with van der Waals surface area (Å²) in [4.78, 5) is 0. The molecule has 11 heavy (non-hydrogen) atoms. The van der Waals surface area contributed by atoms with Crippen molar-refractivity contribution in [3.63, 3.8) is 0 Å². The summed E-state index contributed by atoms with van der Waals surface area (Å²) in [7, 11) is 0. The Hall–Kier alpha value is -1.38. The molecule has 0 saturated carbocycles. The highest BCUT2D eigenvalue weighted by molar-refractivity contribution is 5.25. The molecule has 56 valence electrons. The molecule has 3 nitrogen and oxygen atoms in total. The summed E-state index contributed by atoms with van der Waals surface area (Å²) >= 11 is 0. The third-order valence-electron chi connectivity index (χ3n) is 1.72. The van der Waals surface area contributed by atoms with E-state index in [1.54, 1.807) is 6.20 Å². The maximum absolute atomic E-state index is 3.98. The maximum Gasteiger partial charge on any atom is 0.0865 e. The first kappa shape index (κ1) is 6.34. The standard InChI is InChI=1S/C8H9N3/c1-2-4-7(3-1)5-8-6-9-11-10-8/h1-3,6H,4-5H2,(H,9,10,11). The van der Waals surface area contributed by atoms with Crippen molar-refractivity contribution in [2.75, 3.05) is 0 Å². The van der Waals surface area contributed by atoms with Crippen LogP contribution in [0.4, 0.5) is 0 Å². The molecule has 0 amide bonds. The van der Waals surface area contributed by atoms with Gasteiger partial charge in [-0.25, -0.2) is 0 Å². The van der Waals surface area contributed by atoms with E-state index in [0.717, 1.165) is 18.5 Å². The lowest BCUT2D eigenvalue weighted by molar-refractivity contribution is 0.908. The Morgan fingerprint density at radius 3 is 3.18 bits per heavy atom. The molecule has 1 heterocycles. The molecule has 1 N–H and O–H groups in total. The van der Waals surface area contributed by atoms with Gasteiger partial charge in [0, 0.05) is 6.42 Å². The van der Waals surface area contributed by atoms with Crippen LogP contribution in [0.5, 0.6) is 0 Å². The zero-order chi connectivity index (χ0) is 7.52. The van der Waals surface area contributed by atoms with Gasteiger partial charge in [-0.15, -0.1) is 0 Å². The Balaban J connectivity index is 2.02. The Morgan fingerprint density at radius 2 is 2.55 bits per heavy atom. The number of hydrogen-bond acceptors (Lipinski definition) is 2. The molecule has 0 aliphatic heterocycles. The van der Waals surface area contributed by atoms with Crippen molar-refractivity contribution in [2.45, 2.75) is 12.8 Å². The van der Waals surface area contributed by atoms with E-state index in [1.807, 2.05) is 0 Å². The fourth-order valence-corrected chi connectivity index (χ4v) is 1.17. The van der Waals surface area contributed by atoms with Crippen molar-refractivity contribution < 1.29 is 0 Å². The fourth-order valence-electron chi connectivity index (χ4n) is 1.17. The number of aromatic amines is 1. The largest absolute Gasteiger partial charge is 0.198 e. The summed E-state index contributed by atoms with van der Waals surface area (Å²) in [6, 6.07) is 0. The lowest BCUT2D eigenvalue weighted by Crippen LogP contribution is -1.87. The van der Waals surface area contributed by atoms with Crippen LogP contribution in [-0.4, -0.2) is 15.4 Å². The van der Waals surface area contributed by atoms with E-state index in [-0.39, 0.29) is 0 Å². The van der Waals surface area contributed by atoms with Gasteiger partial charge in [0.05, 0.1) is 11.9 Å². The smallest absolute Gasteiger partial charge is 0.0865 e. The van der Waals surface area contributed by atoms with Gasteiger partial charge < -0.3 is 0 Å². The fraction of sp³-hybridized carbons (Fsp3) is 0.250. The second kappa shape index (κ2) is 2.70. The highest BCUT2D eigenvalue weighted by Crippen LogP contribution is 2.14. The van der Waals surface area contributed by atoms with E-state index in [4.69, 9.17) is 0 Å². The first-order valence-corrected chi connectivity index (χ1v) is 3.64. The van der Waals surface area contributed by atoms with E-state index in [9.17, 15) is 0 Å². The maximum atomic E-state index is 3.98. The molecule has 1 aromatic rings. The van der Waals surface area contributed by atoms with Crippen molar-refractivity contribution in [2.24, 2.45) is 0 Å².